The van der Waals surface area contributed by atoms with Crippen LogP contribution in [0, 0.1) is 6.92 Å². The van der Waals surface area contributed by atoms with Crippen LogP contribution in [0.2, 0.25) is 0 Å². The summed E-state index contributed by atoms with van der Waals surface area (Å²) in [5, 5.41) is 0. The fourth-order valence-corrected chi connectivity index (χ4v) is 2.49. The number of rotatable bonds is 5. The third-order valence-electron chi connectivity index (χ3n) is 2.92. The van der Waals surface area contributed by atoms with E-state index in [1.807, 2.05) is 6.07 Å². The van der Waals surface area contributed by atoms with Gasteiger partial charge in [0.15, 0.2) is 0 Å². The molecule has 0 saturated carbocycles. The Morgan fingerprint density at radius 1 is 1.20 bits per heavy atom. The highest BCUT2D eigenvalue weighted by Crippen LogP contribution is 2.23. The lowest BCUT2D eigenvalue weighted by Gasteiger charge is -2.10. The zero-order valence-corrected chi connectivity index (χ0v) is 12.9. The van der Waals surface area contributed by atoms with E-state index in [1.54, 1.807) is 11.8 Å². The first-order valence-corrected chi connectivity index (χ1v) is 7.61. The van der Waals surface area contributed by atoms with Gasteiger partial charge in [0.2, 0.25) is 0 Å². The molecular formula is C15H20N4S. The van der Waals surface area contributed by atoms with Gasteiger partial charge in [-0.3, -0.25) is 0 Å². The molecule has 0 saturated heterocycles. The molecule has 5 heteroatoms. The molecule has 1 heterocycles. The molecule has 0 unspecified atom stereocenters. The number of benzene rings is 1. The van der Waals surface area contributed by atoms with Gasteiger partial charge in [-0.1, -0.05) is 31.5 Å². The Labute approximate surface area is 124 Å². The SMILES string of the molecule is Cc1ccc(SCc2nc(NN)cc(C(C)C)n2)cc1. The molecule has 0 amide bonds. The minimum absolute atomic E-state index is 0.355. The van der Waals surface area contributed by atoms with Crippen molar-refractivity contribution in [1.29, 1.82) is 0 Å². The Morgan fingerprint density at radius 3 is 2.50 bits per heavy atom. The number of nitrogens with zero attached hydrogens (tertiary/aromatic N) is 2. The molecule has 0 aliphatic carbocycles. The lowest BCUT2D eigenvalue weighted by Crippen LogP contribution is -2.11. The molecule has 0 aliphatic rings. The van der Waals surface area contributed by atoms with Crippen molar-refractivity contribution in [3.8, 4) is 0 Å². The summed E-state index contributed by atoms with van der Waals surface area (Å²) in [4.78, 5) is 10.2. The molecule has 3 N–H and O–H groups in total. The van der Waals surface area contributed by atoms with Crippen LogP contribution in [-0.4, -0.2) is 9.97 Å². The maximum Gasteiger partial charge on any atom is 0.143 e. The van der Waals surface area contributed by atoms with Crippen LogP contribution in [-0.2, 0) is 5.75 Å². The van der Waals surface area contributed by atoms with Gasteiger partial charge in [0.1, 0.15) is 11.6 Å². The van der Waals surface area contributed by atoms with Gasteiger partial charge in [-0.25, -0.2) is 15.8 Å². The van der Waals surface area contributed by atoms with Gasteiger partial charge in [-0.05, 0) is 25.0 Å². The van der Waals surface area contributed by atoms with Crippen molar-refractivity contribution in [3.63, 3.8) is 0 Å². The number of hydrazine groups is 1. The van der Waals surface area contributed by atoms with Crippen molar-refractivity contribution in [2.75, 3.05) is 5.43 Å². The van der Waals surface area contributed by atoms with Gasteiger partial charge < -0.3 is 5.43 Å². The first-order valence-electron chi connectivity index (χ1n) is 6.62. The molecule has 4 nitrogen and oxygen atoms in total. The Kier molecular flexibility index (Phi) is 4.98. The van der Waals surface area contributed by atoms with Crippen molar-refractivity contribution in [3.05, 3.63) is 47.4 Å². The average Bonchev–Trinajstić information content (AvgIpc) is 2.46. The predicted octanol–water partition coefficient (Wildman–Crippen LogP) is 3.49. The van der Waals surface area contributed by atoms with Crippen molar-refractivity contribution in [2.45, 2.75) is 37.3 Å². The number of anilines is 1. The summed E-state index contributed by atoms with van der Waals surface area (Å²) in [7, 11) is 0. The predicted molar refractivity (Wildman–Crippen MR) is 84.7 cm³/mol. The number of thioether (sulfide) groups is 1. The molecule has 20 heavy (non-hydrogen) atoms. The minimum atomic E-state index is 0.355. The van der Waals surface area contributed by atoms with E-state index >= 15 is 0 Å². The quantitative estimate of drug-likeness (QED) is 0.501. The van der Waals surface area contributed by atoms with E-state index in [-0.39, 0.29) is 0 Å². The Hall–Kier alpha value is -1.59. The Morgan fingerprint density at radius 2 is 1.90 bits per heavy atom. The molecule has 106 valence electrons. The van der Waals surface area contributed by atoms with Gasteiger partial charge in [-0.15, -0.1) is 11.8 Å². The lowest BCUT2D eigenvalue weighted by atomic mass is 10.1. The third-order valence-corrected chi connectivity index (χ3v) is 3.93. The van der Waals surface area contributed by atoms with E-state index in [0.717, 1.165) is 17.3 Å². The monoisotopic (exact) mass is 288 g/mol. The fraction of sp³-hybridized carbons (Fsp3) is 0.333. The highest BCUT2D eigenvalue weighted by Gasteiger charge is 2.07. The van der Waals surface area contributed by atoms with Crippen LogP contribution in [0.1, 0.15) is 36.8 Å². The van der Waals surface area contributed by atoms with E-state index in [0.29, 0.717) is 11.7 Å². The second-order valence-electron chi connectivity index (χ2n) is 5.00. The summed E-state index contributed by atoms with van der Waals surface area (Å²) in [5.41, 5.74) is 4.88. The van der Waals surface area contributed by atoms with Crippen molar-refractivity contribution in [1.82, 2.24) is 9.97 Å². The molecule has 0 radical (unpaired) electrons. The molecule has 2 rings (SSSR count). The Balaban J connectivity index is 2.12. The summed E-state index contributed by atoms with van der Waals surface area (Å²) >= 11 is 1.73. The van der Waals surface area contributed by atoms with Gasteiger partial charge >= 0.3 is 0 Å². The zero-order chi connectivity index (χ0) is 14.5. The van der Waals surface area contributed by atoms with Crippen molar-refractivity contribution < 1.29 is 0 Å². The molecule has 1 aromatic carbocycles. The Bertz CT molecular complexity index is 567. The highest BCUT2D eigenvalue weighted by atomic mass is 32.2. The summed E-state index contributed by atoms with van der Waals surface area (Å²) in [6.45, 7) is 6.31. The average molecular weight is 288 g/mol. The van der Waals surface area contributed by atoms with Crippen LogP contribution in [0.3, 0.4) is 0 Å². The van der Waals surface area contributed by atoms with Crippen LogP contribution < -0.4 is 11.3 Å². The maximum absolute atomic E-state index is 5.46. The molecule has 1 aromatic heterocycles. The molecule has 0 aliphatic heterocycles. The topological polar surface area (TPSA) is 63.8 Å². The van der Waals surface area contributed by atoms with E-state index in [9.17, 15) is 0 Å². The summed E-state index contributed by atoms with van der Waals surface area (Å²) < 4.78 is 0. The number of hydrogen-bond donors (Lipinski definition) is 2. The fourth-order valence-electron chi connectivity index (χ4n) is 1.73. The van der Waals surface area contributed by atoms with Crippen LogP contribution in [0.4, 0.5) is 5.82 Å². The number of aromatic nitrogens is 2. The molecule has 0 bridgehead atoms. The number of nitrogens with two attached hydrogens (primary N) is 1. The van der Waals surface area contributed by atoms with Crippen molar-refractivity contribution in [2.24, 2.45) is 5.84 Å². The second kappa shape index (κ2) is 6.72. The lowest BCUT2D eigenvalue weighted by molar-refractivity contribution is 0.800. The standard InChI is InChI=1S/C15H20N4S/c1-10(2)13-8-14(19-16)18-15(17-13)9-20-12-6-4-11(3)5-7-12/h4-8,10H,9,16H2,1-3H3,(H,17,18,19). The largest absolute Gasteiger partial charge is 0.308 e. The van der Waals surface area contributed by atoms with Crippen LogP contribution >= 0.6 is 11.8 Å². The molecule has 0 fully saturated rings. The highest BCUT2D eigenvalue weighted by molar-refractivity contribution is 7.98. The van der Waals surface area contributed by atoms with Gasteiger partial charge in [-0.2, -0.15) is 0 Å². The normalized spacial score (nSPS) is 10.8. The molecule has 0 atom stereocenters. The van der Waals surface area contributed by atoms with Gasteiger partial charge in [0.05, 0.1) is 5.75 Å². The number of hydrogen-bond acceptors (Lipinski definition) is 5. The van der Waals surface area contributed by atoms with Crippen LogP contribution in [0.25, 0.3) is 0 Å². The maximum atomic E-state index is 5.46. The number of nitrogen functional groups attached to an aromatic ring is 1. The van der Waals surface area contributed by atoms with E-state index < -0.39 is 0 Å². The smallest absolute Gasteiger partial charge is 0.143 e. The third kappa shape index (κ3) is 3.95. The minimum Gasteiger partial charge on any atom is -0.308 e. The van der Waals surface area contributed by atoms with Crippen LogP contribution in [0.15, 0.2) is 35.2 Å². The van der Waals surface area contributed by atoms with E-state index in [4.69, 9.17) is 5.84 Å². The number of aryl methyl sites for hydroxylation is 1. The van der Waals surface area contributed by atoms with Crippen molar-refractivity contribution >= 4 is 17.6 Å². The summed E-state index contributed by atoms with van der Waals surface area (Å²) in [6.07, 6.45) is 0. The van der Waals surface area contributed by atoms with Gasteiger partial charge in [0, 0.05) is 16.7 Å². The van der Waals surface area contributed by atoms with Gasteiger partial charge in [0.25, 0.3) is 0 Å². The summed E-state index contributed by atoms with van der Waals surface area (Å²) in [6, 6.07) is 10.4. The first-order chi connectivity index (χ1) is 9.58. The van der Waals surface area contributed by atoms with Crippen LogP contribution in [0.5, 0.6) is 0 Å². The van der Waals surface area contributed by atoms with E-state index in [2.05, 4.69) is 60.4 Å². The molecule has 0 spiro atoms. The second-order valence-corrected chi connectivity index (χ2v) is 6.04. The van der Waals surface area contributed by atoms with E-state index in [1.165, 1.54) is 10.5 Å². The molecule has 2 aromatic rings. The first kappa shape index (κ1) is 14.8. The molecular weight excluding hydrogens is 268 g/mol. The summed E-state index contributed by atoms with van der Waals surface area (Å²) in [5.74, 6) is 8.02. The zero-order valence-electron chi connectivity index (χ0n) is 12.1. The number of nitrogens with one attached hydrogen (secondary N) is 1.